The molecular weight excluding hydrogens is 566 g/mol. The lowest BCUT2D eigenvalue weighted by atomic mass is 10.2. The number of carbonyl (C=O) groups excluding carboxylic acids is 2. The molecule has 0 saturated carbocycles. The van der Waals surface area contributed by atoms with E-state index < -0.39 is 0 Å². The molecule has 4 rings (SSSR count). The number of imide groups is 1. The van der Waals surface area contributed by atoms with Gasteiger partial charge >= 0.3 is 0 Å². The first kappa shape index (κ1) is 22.5. The summed E-state index contributed by atoms with van der Waals surface area (Å²) in [5.41, 5.74) is 4.40. The van der Waals surface area contributed by atoms with E-state index in [-0.39, 0.29) is 17.7 Å². The van der Waals surface area contributed by atoms with E-state index in [0.717, 1.165) is 43.5 Å². The number of rotatable bonds is 4. The lowest BCUT2D eigenvalue weighted by Crippen LogP contribution is -2.27. The highest BCUT2D eigenvalue weighted by atomic mass is 127. The van der Waals surface area contributed by atoms with Crippen LogP contribution in [-0.2, 0) is 11.3 Å². The summed E-state index contributed by atoms with van der Waals surface area (Å²) >= 11 is 15.8. The van der Waals surface area contributed by atoms with E-state index in [9.17, 15) is 9.59 Å². The van der Waals surface area contributed by atoms with Crippen LogP contribution in [0.25, 0.3) is 11.8 Å². The Morgan fingerprint density at radius 3 is 2.48 bits per heavy atom. The standard InChI is InChI=1S/C23H17Cl2IN2O2S/c1-13-10-16(14(2)28(13)19-5-3-4-18(24)21(19)25)11-20-22(29)27(23(30)31-20)12-15-6-8-17(26)9-7-15/h3-11H,12H2,1-2H3/b20-11-. The zero-order chi connectivity index (χ0) is 22.3. The van der Waals surface area contributed by atoms with Gasteiger partial charge in [-0.05, 0) is 95.7 Å². The fraction of sp³-hybridized carbons (Fsp3) is 0.130. The van der Waals surface area contributed by atoms with Crippen molar-refractivity contribution in [2.24, 2.45) is 0 Å². The van der Waals surface area contributed by atoms with Gasteiger partial charge in [0.15, 0.2) is 0 Å². The van der Waals surface area contributed by atoms with Gasteiger partial charge in [0, 0.05) is 15.0 Å². The minimum Gasteiger partial charge on any atom is -0.316 e. The first-order valence-electron chi connectivity index (χ1n) is 9.39. The predicted octanol–water partition coefficient (Wildman–Crippen LogP) is 7.24. The van der Waals surface area contributed by atoms with E-state index in [4.69, 9.17) is 23.2 Å². The molecule has 1 aromatic heterocycles. The molecule has 3 aromatic rings. The molecule has 1 aliphatic heterocycles. The Kier molecular flexibility index (Phi) is 6.53. The molecule has 0 N–H and O–H groups in total. The minimum absolute atomic E-state index is 0.260. The van der Waals surface area contributed by atoms with Crippen molar-refractivity contribution in [2.75, 3.05) is 0 Å². The molecule has 0 bridgehead atoms. The molecule has 0 unspecified atom stereocenters. The molecule has 1 aliphatic rings. The van der Waals surface area contributed by atoms with E-state index in [1.165, 1.54) is 4.90 Å². The number of hydrogen-bond acceptors (Lipinski definition) is 3. The van der Waals surface area contributed by atoms with Crippen LogP contribution < -0.4 is 0 Å². The van der Waals surface area contributed by atoms with E-state index in [1.807, 2.05) is 60.9 Å². The molecule has 2 aromatic carbocycles. The van der Waals surface area contributed by atoms with Gasteiger partial charge in [0.2, 0.25) is 0 Å². The molecule has 2 heterocycles. The molecule has 158 valence electrons. The van der Waals surface area contributed by atoms with E-state index in [1.54, 1.807) is 12.1 Å². The first-order chi connectivity index (χ1) is 14.8. The second-order valence-corrected chi connectivity index (χ2v) is 10.2. The van der Waals surface area contributed by atoms with Crippen LogP contribution in [0.1, 0.15) is 22.5 Å². The Hall–Kier alpha value is -1.74. The number of nitrogens with zero attached hydrogens (tertiary/aromatic N) is 2. The zero-order valence-electron chi connectivity index (χ0n) is 16.7. The third-order valence-corrected chi connectivity index (χ3v) is 7.49. The smallest absolute Gasteiger partial charge is 0.293 e. The Labute approximate surface area is 208 Å². The average Bonchev–Trinajstić information content (AvgIpc) is 3.15. The van der Waals surface area contributed by atoms with Crippen LogP contribution in [0, 0.1) is 17.4 Å². The number of hydrogen-bond donors (Lipinski definition) is 0. The summed E-state index contributed by atoms with van der Waals surface area (Å²) in [5, 5.41) is 0.682. The van der Waals surface area contributed by atoms with Crippen LogP contribution in [0.3, 0.4) is 0 Å². The quantitative estimate of drug-likeness (QED) is 0.240. The summed E-state index contributed by atoms with van der Waals surface area (Å²) < 4.78 is 3.10. The molecule has 0 spiro atoms. The van der Waals surface area contributed by atoms with Crippen LogP contribution >= 0.6 is 57.6 Å². The van der Waals surface area contributed by atoms with Crippen molar-refractivity contribution in [3.63, 3.8) is 0 Å². The SMILES string of the molecule is Cc1cc(/C=C2\SC(=O)N(Cc3ccc(I)cc3)C2=O)c(C)n1-c1cccc(Cl)c1Cl. The van der Waals surface area contributed by atoms with E-state index in [2.05, 4.69) is 22.6 Å². The molecule has 8 heteroatoms. The molecule has 0 aliphatic carbocycles. The summed E-state index contributed by atoms with van der Waals surface area (Å²) in [6.45, 7) is 4.17. The average molecular weight is 583 g/mol. The van der Waals surface area contributed by atoms with Crippen LogP contribution in [0.5, 0.6) is 0 Å². The summed E-state index contributed by atoms with van der Waals surface area (Å²) in [6.07, 6.45) is 1.77. The Morgan fingerprint density at radius 2 is 1.77 bits per heavy atom. The summed E-state index contributed by atoms with van der Waals surface area (Å²) in [7, 11) is 0. The van der Waals surface area contributed by atoms with Crippen molar-refractivity contribution in [1.29, 1.82) is 0 Å². The van der Waals surface area contributed by atoms with Gasteiger partial charge in [0.25, 0.3) is 11.1 Å². The molecule has 31 heavy (non-hydrogen) atoms. The maximum atomic E-state index is 12.9. The Morgan fingerprint density at radius 1 is 1.06 bits per heavy atom. The second kappa shape index (κ2) is 9.02. The number of aromatic nitrogens is 1. The molecule has 4 nitrogen and oxygen atoms in total. The second-order valence-electron chi connectivity index (χ2n) is 7.13. The lowest BCUT2D eigenvalue weighted by Gasteiger charge is -2.13. The fourth-order valence-corrected chi connectivity index (χ4v) is 5.09. The normalized spacial score (nSPS) is 15.4. The largest absolute Gasteiger partial charge is 0.316 e. The van der Waals surface area contributed by atoms with Gasteiger partial charge in [0.05, 0.1) is 27.2 Å². The zero-order valence-corrected chi connectivity index (χ0v) is 21.1. The van der Waals surface area contributed by atoms with E-state index in [0.29, 0.717) is 15.0 Å². The number of amides is 2. The van der Waals surface area contributed by atoms with Crippen molar-refractivity contribution >= 4 is 74.8 Å². The topological polar surface area (TPSA) is 42.3 Å². The highest BCUT2D eigenvalue weighted by Gasteiger charge is 2.35. The molecule has 0 radical (unpaired) electrons. The van der Waals surface area contributed by atoms with Crippen molar-refractivity contribution in [3.8, 4) is 5.69 Å². The number of aryl methyl sites for hydroxylation is 1. The molecule has 2 amide bonds. The summed E-state index contributed by atoms with van der Waals surface area (Å²) in [4.78, 5) is 27.1. The lowest BCUT2D eigenvalue weighted by molar-refractivity contribution is -0.123. The van der Waals surface area contributed by atoms with Crippen LogP contribution in [0.2, 0.25) is 10.0 Å². The van der Waals surface area contributed by atoms with E-state index >= 15 is 0 Å². The van der Waals surface area contributed by atoms with Gasteiger partial charge in [-0.25, -0.2) is 0 Å². The molecule has 0 atom stereocenters. The Bertz CT molecular complexity index is 1240. The maximum Gasteiger partial charge on any atom is 0.293 e. The van der Waals surface area contributed by atoms with Gasteiger partial charge in [-0.2, -0.15) is 0 Å². The first-order valence-corrected chi connectivity index (χ1v) is 12.0. The van der Waals surface area contributed by atoms with Gasteiger partial charge in [0.1, 0.15) is 0 Å². The van der Waals surface area contributed by atoms with Gasteiger partial charge < -0.3 is 4.57 Å². The van der Waals surface area contributed by atoms with Crippen molar-refractivity contribution < 1.29 is 9.59 Å². The Balaban J connectivity index is 1.65. The number of benzene rings is 2. The number of halogens is 3. The number of thioether (sulfide) groups is 1. The third kappa shape index (κ3) is 4.44. The summed E-state index contributed by atoms with van der Waals surface area (Å²) in [5.74, 6) is -0.279. The van der Waals surface area contributed by atoms with Crippen molar-refractivity contribution in [2.45, 2.75) is 20.4 Å². The summed E-state index contributed by atoms with van der Waals surface area (Å²) in [6, 6.07) is 15.2. The third-order valence-electron chi connectivity index (χ3n) is 5.06. The fourth-order valence-electron chi connectivity index (χ4n) is 3.52. The molecule has 1 fully saturated rings. The molecular formula is C23H17Cl2IN2O2S. The van der Waals surface area contributed by atoms with Crippen LogP contribution in [-0.4, -0.2) is 20.6 Å². The number of carbonyl (C=O) groups is 2. The minimum atomic E-state index is -0.279. The maximum absolute atomic E-state index is 12.9. The molecule has 1 saturated heterocycles. The van der Waals surface area contributed by atoms with Gasteiger partial charge in [-0.1, -0.05) is 41.4 Å². The van der Waals surface area contributed by atoms with Gasteiger partial charge in [-0.3, -0.25) is 14.5 Å². The predicted molar refractivity (Wildman–Crippen MR) is 136 cm³/mol. The van der Waals surface area contributed by atoms with Crippen LogP contribution in [0.4, 0.5) is 4.79 Å². The monoisotopic (exact) mass is 582 g/mol. The highest BCUT2D eigenvalue weighted by molar-refractivity contribution is 14.1. The van der Waals surface area contributed by atoms with Crippen LogP contribution in [0.15, 0.2) is 53.4 Å². The highest BCUT2D eigenvalue weighted by Crippen LogP contribution is 2.36. The van der Waals surface area contributed by atoms with Crippen molar-refractivity contribution in [3.05, 3.63) is 89.6 Å². The van der Waals surface area contributed by atoms with Crippen molar-refractivity contribution in [1.82, 2.24) is 9.47 Å². The van der Waals surface area contributed by atoms with Gasteiger partial charge in [-0.15, -0.1) is 0 Å².